The molecule has 1 aromatic rings. The van der Waals surface area contributed by atoms with Gasteiger partial charge in [-0.1, -0.05) is 6.07 Å². The highest BCUT2D eigenvalue weighted by Gasteiger charge is 2.13. The molecule has 0 saturated carbocycles. The number of rotatable bonds is 5. The Labute approximate surface area is 126 Å². The van der Waals surface area contributed by atoms with Crippen molar-refractivity contribution in [2.75, 3.05) is 11.9 Å². The van der Waals surface area contributed by atoms with Crippen LogP contribution in [0.5, 0.6) is 0 Å². The Kier molecular flexibility index (Phi) is 5.90. The van der Waals surface area contributed by atoms with E-state index in [1.165, 1.54) is 0 Å². The number of anilines is 1. The molecule has 5 heteroatoms. The van der Waals surface area contributed by atoms with Crippen molar-refractivity contribution in [3.05, 3.63) is 29.8 Å². The molecule has 21 heavy (non-hydrogen) atoms. The van der Waals surface area contributed by atoms with Gasteiger partial charge in [0.05, 0.1) is 18.2 Å². The van der Waals surface area contributed by atoms with Crippen molar-refractivity contribution in [2.24, 2.45) is 0 Å². The first-order chi connectivity index (χ1) is 9.67. The maximum absolute atomic E-state index is 11.8. The van der Waals surface area contributed by atoms with E-state index in [1.54, 1.807) is 38.1 Å². The van der Waals surface area contributed by atoms with Crippen molar-refractivity contribution in [1.82, 2.24) is 5.32 Å². The van der Waals surface area contributed by atoms with Crippen molar-refractivity contribution in [2.45, 2.75) is 46.3 Å². The summed E-state index contributed by atoms with van der Waals surface area (Å²) in [6.07, 6.45) is -0.174. The number of carbonyl (C=O) groups excluding carboxylic acids is 2. The van der Waals surface area contributed by atoms with Gasteiger partial charge in [0.2, 0.25) is 5.91 Å². The number of amides is 1. The smallest absolute Gasteiger partial charge is 0.338 e. The van der Waals surface area contributed by atoms with E-state index in [-0.39, 0.29) is 24.1 Å². The largest absolute Gasteiger partial charge is 0.459 e. The molecule has 0 aliphatic heterocycles. The van der Waals surface area contributed by atoms with Crippen molar-refractivity contribution in [3.8, 4) is 0 Å². The van der Waals surface area contributed by atoms with Gasteiger partial charge in [-0.2, -0.15) is 0 Å². The molecule has 0 heterocycles. The molecule has 2 N–H and O–H groups in total. The summed E-state index contributed by atoms with van der Waals surface area (Å²) in [5, 5.41) is 5.86. The van der Waals surface area contributed by atoms with Crippen LogP contribution in [0.3, 0.4) is 0 Å². The Hall–Kier alpha value is -1.88. The predicted octanol–water partition coefficient (Wildman–Crippen LogP) is 2.58. The Morgan fingerprint density at radius 3 is 2.48 bits per heavy atom. The normalized spacial score (nSPS) is 11.3. The van der Waals surface area contributed by atoms with Crippen LogP contribution < -0.4 is 10.6 Å². The molecule has 0 spiro atoms. The van der Waals surface area contributed by atoms with Crippen LogP contribution in [0.15, 0.2) is 24.3 Å². The lowest BCUT2D eigenvalue weighted by molar-refractivity contribution is -0.115. The Morgan fingerprint density at radius 2 is 1.90 bits per heavy atom. The van der Waals surface area contributed by atoms with Gasteiger partial charge in [0, 0.05) is 11.2 Å². The van der Waals surface area contributed by atoms with Crippen LogP contribution in [0.25, 0.3) is 0 Å². The number of hydrogen-bond acceptors (Lipinski definition) is 4. The first-order valence-electron chi connectivity index (χ1n) is 7.03. The third-order valence-corrected chi connectivity index (χ3v) is 2.50. The summed E-state index contributed by atoms with van der Waals surface area (Å²) in [4.78, 5) is 23.6. The van der Waals surface area contributed by atoms with Crippen LogP contribution >= 0.6 is 0 Å². The quantitative estimate of drug-likeness (QED) is 0.819. The molecule has 0 aliphatic carbocycles. The highest BCUT2D eigenvalue weighted by atomic mass is 16.5. The lowest BCUT2D eigenvalue weighted by atomic mass is 10.1. The summed E-state index contributed by atoms with van der Waals surface area (Å²) in [6, 6.07) is 6.72. The third-order valence-electron chi connectivity index (χ3n) is 2.50. The minimum Gasteiger partial charge on any atom is -0.459 e. The van der Waals surface area contributed by atoms with Gasteiger partial charge in [0.15, 0.2) is 0 Å². The molecule has 0 atom stereocenters. The monoisotopic (exact) mass is 292 g/mol. The fourth-order valence-corrected chi connectivity index (χ4v) is 1.56. The minimum atomic E-state index is -0.395. The van der Waals surface area contributed by atoms with Gasteiger partial charge in [-0.3, -0.25) is 4.79 Å². The molecule has 0 saturated heterocycles. The van der Waals surface area contributed by atoms with Crippen molar-refractivity contribution in [3.63, 3.8) is 0 Å². The molecule has 0 fully saturated rings. The van der Waals surface area contributed by atoms with Gasteiger partial charge in [-0.15, -0.1) is 0 Å². The van der Waals surface area contributed by atoms with Crippen LogP contribution in [0.1, 0.15) is 45.0 Å². The molecule has 0 unspecified atom stereocenters. The second-order valence-corrected chi connectivity index (χ2v) is 6.19. The number of esters is 1. The minimum absolute atomic E-state index is 0.125. The summed E-state index contributed by atoms with van der Waals surface area (Å²) >= 11 is 0. The molecular formula is C16H24N2O3. The van der Waals surface area contributed by atoms with Crippen molar-refractivity contribution in [1.29, 1.82) is 0 Å². The van der Waals surface area contributed by atoms with E-state index in [9.17, 15) is 9.59 Å². The van der Waals surface area contributed by atoms with Gasteiger partial charge in [0.25, 0.3) is 0 Å². The summed E-state index contributed by atoms with van der Waals surface area (Å²) in [5.41, 5.74) is 0.875. The Bertz CT molecular complexity index is 504. The van der Waals surface area contributed by atoms with Crippen LogP contribution in [0.4, 0.5) is 5.69 Å². The average Bonchev–Trinajstić information content (AvgIpc) is 2.35. The molecule has 0 aliphatic rings. The molecule has 0 aromatic heterocycles. The standard InChI is InChI=1S/C16H24N2O3/c1-11(2)21-15(20)12-7-6-8-13(9-12)18-14(19)10-17-16(3,4)5/h6-9,11,17H,10H2,1-5H3,(H,18,19). The zero-order valence-electron chi connectivity index (χ0n) is 13.3. The number of benzene rings is 1. The Morgan fingerprint density at radius 1 is 1.24 bits per heavy atom. The summed E-state index contributed by atoms with van der Waals surface area (Å²) in [7, 11) is 0. The zero-order valence-corrected chi connectivity index (χ0v) is 13.3. The van der Waals surface area contributed by atoms with E-state index in [0.29, 0.717) is 11.3 Å². The van der Waals surface area contributed by atoms with Gasteiger partial charge < -0.3 is 15.4 Å². The van der Waals surface area contributed by atoms with E-state index < -0.39 is 5.97 Å². The van der Waals surface area contributed by atoms with Crippen molar-refractivity contribution >= 4 is 17.6 Å². The third kappa shape index (κ3) is 6.90. The van der Waals surface area contributed by atoms with E-state index in [1.807, 2.05) is 20.8 Å². The summed E-state index contributed by atoms with van der Waals surface area (Å²) in [6.45, 7) is 9.77. The van der Waals surface area contributed by atoms with Gasteiger partial charge in [-0.25, -0.2) is 4.79 Å². The summed E-state index contributed by atoms with van der Waals surface area (Å²) < 4.78 is 5.12. The van der Waals surface area contributed by atoms with Crippen LogP contribution in [-0.4, -0.2) is 30.1 Å². The van der Waals surface area contributed by atoms with E-state index in [0.717, 1.165) is 0 Å². The first kappa shape index (κ1) is 17.2. The summed E-state index contributed by atoms with van der Waals surface area (Å²) in [5.74, 6) is -0.548. The first-order valence-corrected chi connectivity index (χ1v) is 7.03. The van der Waals surface area contributed by atoms with Crippen LogP contribution in [0, 0.1) is 0 Å². The van der Waals surface area contributed by atoms with Gasteiger partial charge >= 0.3 is 5.97 Å². The number of hydrogen-bond donors (Lipinski definition) is 2. The van der Waals surface area contributed by atoms with E-state index >= 15 is 0 Å². The lowest BCUT2D eigenvalue weighted by Gasteiger charge is -2.20. The molecule has 116 valence electrons. The number of nitrogens with one attached hydrogen (secondary N) is 2. The maximum Gasteiger partial charge on any atom is 0.338 e. The fraction of sp³-hybridized carbons (Fsp3) is 0.500. The number of ether oxygens (including phenoxy) is 1. The molecular weight excluding hydrogens is 268 g/mol. The van der Waals surface area contributed by atoms with Crippen LogP contribution in [-0.2, 0) is 9.53 Å². The molecule has 0 bridgehead atoms. The molecule has 1 rings (SSSR count). The second-order valence-electron chi connectivity index (χ2n) is 6.19. The van der Waals surface area contributed by atoms with Crippen LogP contribution in [0.2, 0.25) is 0 Å². The second kappa shape index (κ2) is 7.22. The predicted molar refractivity (Wildman–Crippen MR) is 83.4 cm³/mol. The average molecular weight is 292 g/mol. The molecule has 1 amide bonds. The Balaban J connectivity index is 2.64. The topological polar surface area (TPSA) is 67.4 Å². The highest BCUT2D eigenvalue weighted by molar-refractivity contribution is 5.95. The highest BCUT2D eigenvalue weighted by Crippen LogP contribution is 2.12. The molecule has 1 aromatic carbocycles. The van der Waals surface area contributed by atoms with E-state index in [4.69, 9.17) is 4.74 Å². The maximum atomic E-state index is 11.8. The molecule has 5 nitrogen and oxygen atoms in total. The lowest BCUT2D eigenvalue weighted by Crippen LogP contribution is -2.41. The molecule has 0 radical (unpaired) electrons. The van der Waals surface area contributed by atoms with Crippen molar-refractivity contribution < 1.29 is 14.3 Å². The number of carbonyl (C=O) groups is 2. The van der Waals surface area contributed by atoms with E-state index in [2.05, 4.69) is 10.6 Å². The van der Waals surface area contributed by atoms with Gasteiger partial charge in [0.1, 0.15) is 0 Å². The van der Waals surface area contributed by atoms with Gasteiger partial charge in [-0.05, 0) is 52.8 Å². The fourth-order valence-electron chi connectivity index (χ4n) is 1.56. The zero-order chi connectivity index (χ0) is 16.0. The SMILES string of the molecule is CC(C)OC(=O)c1cccc(NC(=O)CNC(C)(C)C)c1.